The van der Waals surface area contributed by atoms with Gasteiger partial charge in [-0.05, 0) is 0 Å². The first-order valence-corrected chi connectivity index (χ1v) is 1.80. The fraction of sp³-hybridized carbons (Fsp3) is 0. The Morgan fingerprint density at radius 1 is 1.00 bits per heavy atom. The van der Waals surface area contributed by atoms with Crippen molar-refractivity contribution in [2.24, 2.45) is 0 Å². The molecule has 3 N–H and O–H groups in total. The third-order valence-electron chi connectivity index (χ3n) is 0. The molecule has 0 atom stereocenters. The van der Waals surface area contributed by atoms with E-state index in [1.165, 1.54) is 0 Å². The molecule has 0 aliphatic carbocycles. The molecule has 0 saturated heterocycles. The van der Waals surface area contributed by atoms with Crippen LogP contribution < -0.4 is 0 Å². The molecule has 0 aliphatic heterocycles. The molecule has 0 aromatic rings. The van der Waals surface area contributed by atoms with Crippen LogP contribution in [0.2, 0.25) is 0 Å². The van der Waals surface area contributed by atoms with E-state index < -0.39 is 8.60 Å². The Bertz CT molecular complexity index is 11.6. The van der Waals surface area contributed by atoms with Gasteiger partial charge in [-0.3, -0.25) is 0 Å². The zero-order valence-electron chi connectivity index (χ0n) is 2.50. The van der Waals surface area contributed by atoms with Crippen molar-refractivity contribution in [3.8, 4) is 0 Å². The molecule has 0 fully saturated rings. The van der Waals surface area contributed by atoms with E-state index in [-0.39, 0.29) is 24.4 Å². The van der Waals surface area contributed by atoms with Gasteiger partial charge in [0.05, 0.1) is 0 Å². The molecule has 0 unspecified atom stereocenters. The number of hydrogen-bond acceptors (Lipinski definition) is 3. The van der Waals surface area contributed by atoms with Gasteiger partial charge in [0.25, 0.3) is 0 Å². The maximum absolute atomic E-state index is 7.23. The van der Waals surface area contributed by atoms with Crippen LogP contribution in [0.5, 0.6) is 0 Å². The third-order valence-corrected chi connectivity index (χ3v) is 0. The Labute approximate surface area is 48.1 Å². The Morgan fingerprint density at radius 2 is 1.00 bits per heavy atom. The second kappa shape index (κ2) is 5.13. The van der Waals surface area contributed by atoms with Crippen molar-refractivity contribution >= 4 is 33.0 Å². The van der Waals surface area contributed by atoms with Crippen LogP contribution in [-0.4, -0.2) is 39.1 Å². The van der Waals surface area contributed by atoms with Gasteiger partial charge in [0, 0.05) is 0 Å². The summed E-state index contributed by atoms with van der Waals surface area (Å²) in [5, 5.41) is 0. The predicted molar refractivity (Wildman–Crippen MR) is 23.5 cm³/mol. The summed E-state index contributed by atoms with van der Waals surface area (Å²) in [6.45, 7) is 0. The first-order valence-electron chi connectivity index (χ1n) is 0.600. The first kappa shape index (κ1) is 9.46. The SMILES string of the molecule is OP(O)O.[SbH3]. The summed E-state index contributed by atoms with van der Waals surface area (Å²) in [5.74, 6) is 0. The molecular weight excluding hydrogens is 201 g/mol. The van der Waals surface area contributed by atoms with Crippen molar-refractivity contribution in [1.82, 2.24) is 0 Å². The number of rotatable bonds is 0. The summed E-state index contributed by atoms with van der Waals surface area (Å²) in [5.41, 5.74) is 0. The third kappa shape index (κ3) is 39.4. The van der Waals surface area contributed by atoms with Crippen molar-refractivity contribution in [2.45, 2.75) is 0 Å². The van der Waals surface area contributed by atoms with Crippen molar-refractivity contribution in [2.75, 3.05) is 0 Å². The molecule has 0 rings (SSSR count). The van der Waals surface area contributed by atoms with E-state index in [2.05, 4.69) is 0 Å². The van der Waals surface area contributed by atoms with E-state index in [1.807, 2.05) is 0 Å². The van der Waals surface area contributed by atoms with Gasteiger partial charge in [0.15, 0.2) is 0 Å². The fourth-order valence-electron chi connectivity index (χ4n) is 0. The fourth-order valence-corrected chi connectivity index (χ4v) is 0. The maximum atomic E-state index is 7.23. The molecule has 0 saturated carbocycles. The van der Waals surface area contributed by atoms with E-state index in [0.29, 0.717) is 0 Å². The molecule has 0 aromatic carbocycles. The Hall–Kier alpha value is 1.13. The van der Waals surface area contributed by atoms with Gasteiger partial charge in [0.2, 0.25) is 0 Å². The molecule has 5 heavy (non-hydrogen) atoms. The summed E-state index contributed by atoms with van der Waals surface area (Å²) in [4.78, 5) is 21.7. The van der Waals surface area contributed by atoms with Crippen LogP contribution in [0.15, 0.2) is 0 Å². The summed E-state index contributed by atoms with van der Waals surface area (Å²) >= 11 is 0. The normalized spacial score (nSPS) is 7.20. The monoisotopic (exact) mass is 206 g/mol. The average Bonchev–Trinajstić information content (AvgIpc) is 0.811. The summed E-state index contributed by atoms with van der Waals surface area (Å²) in [6.07, 6.45) is 0. The molecule has 0 spiro atoms. The van der Waals surface area contributed by atoms with Gasteiger partial charge >= 0.3 is 33.0 Å². The van der Waals surface area contributed by atoms with E-state index in [4.69, 9.17) is 14.7 Å². The van der Waals surface area contributed by atoms with E-state index in [0.717, 1.165) is 0 Å². The Balaban J connectivity index is 0. The van der Waals surface area contributed by atoms with E-state index in [1.54, 1.807) is 0 Å². The Morgan fingerprint density at radius 3 is 1.00 bits per heavy atom. The minimum atomic E-state index is -2.62. The van der Waals surface area contributed by atoms with Crippen LogP contribution in [0.25, 0.3) is 0 Å². The van der Waals surface area contributed by atoms with Gasteiger partial charge in [0.1, 0.15) is 0 Å². The molecular formula is H6O3PSb. The van der Waals surface area contributed by atoms with Crippen LogP contribution in [0.4, 0.5) is 0 Å². The molecule has 0 aromatic heterocycles. The summed E-state index contributed by atoms with van der Waals surface area (Å²) in [7, 11) is -2.62. The van der Waals surface area contributed by atoms with Gasteiger partial charge in [-0.1, -0.05) is 0 Å². The summed E-state index contributed by atoms with van der Waals surface area (Å²) < 4.78 is 0. The summed E-state index contributed by atoms with van der Waals surface area (Å²) in [6, 6.07) is 0. The first-order chi connectivity index (χ1) is 1.73. The van der Waals surface area contributed by atoms with E-state index in [9.17, 15) is 0 Å². The molecule has 0 aliphatic rings. The molecule has 0 amide bonds. The van der Waals surface area contributed by atoms with Crippen molar-refractivity contribution in [3.05, 3.63) is 0 Å². The van der Waals surface area contributed by atoms with Crippen molar-refractivity contribution in [1.29, 1.82) is 0 Å². The van der Waals surface area contributed by atoms with E-state index >= 15 is 0 Å². The van der Waals surface area contributed by atoms with Crippen LogP contribution in [0, 0.1) is 0 Å². The minimum absolute atomic E-state index is 0. The molecule has 0 radical (unpaired) electrons. The second-order valence-electron chi connectivity index (χ2n) is 0.268. The predicted octanol–water partition coefficient (Wildman–Crippen LogP) is -1.99. The molecule has 0 bridgehead atoms. The van der Waals surface area contributed by atoms with Crippen LogP contribution >= 0.6 is 8.60 Å². The zero-order valence-corrected chi connectivity index (χ0v) is 7.43. The molecule has 0 heterocycles. The van der Waals surface area contributed by atoms with Crippen LogP contribution in [-0.2, 0) is 0 Å². The van der Waals surface area contributed by atoms with Crippen molar-refractivity contribution in [3.63, 3.8) is 0 Å². The quantitative estimate of drug-likeness (QED) is 0.318. The second-order valence-corrected chi connectivity index (χ2v) is 0.805. The van der Waals surface area contributed by atoms with Crippen LogP contribution in [0.3, 0.4) is 0 Å². The number of hydrogen-bond donors (Lipinski definition) is 3. The standard InChI is InChI=1S/H3O3P.Sb.3H/c1-4(2)3;;;;/h1-3H;;;;. The van der Waals surface area contributed by atoms with Gasteiger partial charge < -0.3 is 14.7 Å². The molecule has 3 nitrogen and oxygen atoms in total. The van der Waals surface area contributed by atoms with Crippen molar-refractivity contribution < 1.29 is 14.7 Å². The molecule has 34 valence electrons. The molecule has 5 heteroatoms. The zero-order chi connectivity index (χ0) is 3.58. The van der Waals surface area contributed by atoms with Gasteiger partial charge in [-0.2, -0.15) is 0 Å². The van der Waals surface area contributed by atoms with Crippen LogP contribution in [0.1, 0.15) is 0 Å². The average molecular weight is 207 g/mol. The van der Waals surface area contributed by atoms with Gasteiger partial charge in [-0.15, -0.1) is 0 Å². The Kier molecular flexibility index (Phi) is 9.70. The topological polar surface area (TPSA) is 60.7 Å². The van der Waals surface area contributed by atoms with Gasteiger partial charge in [-0.25, -0.2) is 0 Å².